The maximum absolute atomic E-state index is 14.2. The van der Waals surface area contributed by atoms with Gasteiger partial charge in [0.25, 0.3) is 11.8 Å². The Morgan fingerprint density at radius 1 is 1.05 bits per heavy atom. The van der Waals surface area contributed by atoms with Crippen LogP contribution in [0.25, 0.3) is 10.9 Å². The first-order valence-electron chi connectivity index (χ1n) is 11.9. The van der Waals surface area contributed by atoms with E-state index < -0.39 is 46.8 Å². The van der Waals surface area contributed by atoms with Crippen LogP contribution in [0.5, 0.6) is 5.88 Å². The van der Waals surface area contributed by atoms with E-state index in [0.29, 0.717) is 17.5 Å². The van der Waals surface area contributed by atoms with Crippen molar-refractivity contribution in [3.8, 4) is 5.88 Å². The third-order valence-corrected chi connectivity index (χ3v) is 6.57. The minimum atomic E-state index is -4.92. The summed E-state index contributed by atoms with van der Waals surface area (Å²) in [5.74, 6) is -3.96. The van der Waals surface area contributed by atoms with E-state index in [4.69, 9.17) is 16.3 Å². The standard InChI is InChI=1S/C28H17ClF5N3O4/c1-12(38)11-41-22-5-3-17-20(35-22)10-21(36-26(39)13-6-14(28(32,33)34)8-16(31)7-13)24-23(17)27(40)37-25(24)18-9-15(30)2-4-19(18)29/h2-10,25H,11H2,1H3,(H,36,39)(H,37,40). The quantitative estimate of drug-likeness (QED) is 0.260. The van der Waals surface area contributed by atoms with Crippen molar-refractivity contribution in [3.63, 3.8) is 0 Å². The number of benzene rings is 3. The number of nitrogens with zero attached hydrogens (tertiary/aromatic N) is 1. The fourth-order valence-electron chi connectivity index (χ4n) is 4.50. The minimum absolute atomic E-state index is 0.0213. The predicted octanol–water partition coefficient (Wildman–Crippen LogP) is 6.24. The van der Waals surface area contributed by atoms with Gasteiger partial charge in [-0.2, -0.15) is 13.2 Å². The van der Waals surface area contributed by atoms with Crippen molar-refractivity contribution in [2.75, 3.05) is 11.9 Å². The van der Waals surface area contributed by atoms with E-state index in [0.717, 1.165) is 12.1 Å². The Kier molecular flexibility index (Phi) is 7.12. The number of aromatic nitrogens is 1. The van der Waals surface area contributed by atoms with E-state index >= 15 is 0 Å². The fourth-order valence-corrected chi connectivity index (χ4v) is 4.73. The summed E-state index contributed by atoms with van der Waals surface area (Å²) < 4.78 is 73.4. The van der Waals surface area contributed by atoms with Crippen molar-refractivity contribution in [3.05, 3.63) is 99.1 Å². The van der Waals surface area contributed by atoms with E-state index in [2.05, 4.69) is 15.6 Å². The molecule has 2 amide bonds. The fraction of sp³-hybridized carbons (Fsp3) is 0.143. The molecule has 210 valence electrons. The predicted molar refractivity (Wildman–Crippen MR) is 138 cm³/mol. The molecule has 13 heteroatoms. The zero-order valence-electron chi connectivity index (χ0n) is 20.8. The second-order valence-electron chi connectivity index (χ2n) is 9.17. The first-order valence-corrected chi connectivity index (χ1v) is 12.2. The Balaban J connectivity index is 1.68. The molecule has 0 fully saturated rings. The zero-order chi connectivity index (χ0) is 29.6. The van der Waals surface area contributed by atoms with Crippen LogP contribution < -0.4 is 15.4 Å². The number of alkyl halides is 3. The van der Waals surface area contributed by atoms with Gasteiger partial charge in [-0.3, -0.25) is 14.4 Å². The minimum Gasteiger partial charge on any atom is -0.470 e. The monoisotopic (exact) mass is 589 g/mol. The number of Topliss-reactive ketones (excluding diaryl/α,β-unsaturated/α-hetero) is 1. The van der Waals surface area contributed by atoms with E-state index in [1.54, 1.807) is 0 Å². The number of hydrogen-bond acceptors (Lipinski definition) is 5. The molecule has 3 aromatic carbocycles. The van der Waals surface area contributed by atoms with Crippen molar-refractivity contribution < 1.29 is 41.1 Å². The van der Waals surface area contributed by atoms with Gasteiger partial charge in [0.2, 0.25) is 5.88 Å². The van der Waals surface area contributed by atoms with Gasteiger partial charge in [0, 0.05) is 38.9 Å². The van der Waals surface area contributed by atoms with Crippen molar-refractivity contribution in [1.29, 1.82) is 0 Å². The van der Waals surface area contributed by atoms with Gasteiger partial charge in [0.1, 0.15) is 18.2 Å². The van der Waals surface area contributed by atoms with Gasteiger partial charge in [-0.1, -0.05) is 11.6 Å². The number of nitrogens with one attached hydrogen (secondary N) is 2. The van der Waals surface area contributed by atoms with Crippen LogP contribution in [0.2, 0.25) is 5.02 Å². The molecule has 0 spiro atoms. The van der Waals surface area contributed by atoms with Crippen LogP contribution >= 0.6 is 11.6 Å². The first-order chi connectivity index (χ1) is 19.3. The van der Waals surface area contributed by atoms with Crippen LogP contribution in [0.4, 0.5) is 27.6 Å². The summed E-state index contributed by atoms with van der Waals surface area (Å²) in [6, 6.07) is 8.02. The maximum atomic E-state index is 14.2. The molecule has 41 heavy (non-hydrogen) atoms. The molecule has 0 aliphatic carbocycles. The van der Waals surface area contributed by atoms with E-state index in [1.807, 2.05) is 0 Å². The van der Waals surface area contributed by atoms with Crippen LogP contribution in [0, 0.1) is 11.6 Å². The molecule has 0 saturated carbocycles. The van der Waals surface area contributed by atoms with Crippen LogP contribution in [0.3, 0.4) is 0 Å². The van der Waals surface area contributed by atoms with Gasteiger partial charge in [-0.15, -0.1) is 0 Å². The highest BCUT2D eigenvalue weighted by Crippen LogP contribution is 2.43. The van der Waals surface area contributed by atoms with Gasteiger partial charge >= 0.3 is 6.18 Å². The summed E-state index contributed by atoms with van der Waals surface area (Å²) in [6.45, 7) is 1.02. The largest absolute Gasteiger partial charge is 0.470 e. The lowest BCUT2D eigenvalue weighted by Crippen LogP contribution is -2.21. The third kappa shape index (κ3) is 5.55. The number of anilines is 1. The molecule has 1 atom stereocenters. The molecule has 7 nitrogen and oxygen atoms in total. The molecular weight excluding hydrogens is 573 g/mol. The summed E-state index contributed by atoms with van der Waals surface area (Å²) in [6.07, 6.45) is -4.92. The SMILES string of the molecule is CC(=O)COc1ccc2c3c(c(NC(=O)c4cc(F)cc(C(F)(F)F)c4)cc2n1)C(c1cc(F)ccc1Cl)NC3=O. The molecule has 5 rings (SSSR count). The molecule has 2 N–H and O–H groups in total. The number of ether oxygens (including phenoxy) is 1. The number of carbonyl (C=O) groups excluding carboxylic acids is 3. The topological polar surface area (TPSA) is 97.4 Å². The number of carbonyl (C=O) groups is 3. The average molecular weight is 590 g/mol. The summed E-state index contributed by atoms with van der Waals surface area (Å²) in [5, 5.41) is 5.52. The molecule has 4 aromatic rings. The summed E-state index contributed by atoms with van der Waals surface area (Å²) in [4.78, 5) is 42.0. The Bertz CT molecular complexity index is 1760. The number of halogens is 6. The molecule has 1 unspecified atom stereocenters. The van der Waals surface area contributed by atoms with Crippen LogP contribution in [0.1, 0.15) is 50.4 Å². The number of fused-ring (bicyclic) bond motifs is 3. The maximum Gasteiger partial charge on any atom is 0.416 e. The molecular formula is C28H17ClF5N3O4. The van der Waals surface area contributed by atoms with E-state index in [9.17, 15) is 36.3 Å². The zero-order valence-corrected chi connectivity index (χ0v) is 21.6. The van der Waals surface area contributed by atoms with Crippen molar-refractivity contribution in [2.24, 2.45) is 0 Å². The Hall–Kier alpha value is -4.58. The third-order valence-electron chi connectivity index (χ3n) is 6.23. The number of rotatable bonds is 6. The molecule has 1 aliphatic rings. The Morgan fingerprint density at radius 3 is 2.51 bits per heavy atom. The second-order valence-corrected chi connectivity index (χ2v) is 9.58. The van der Waals surface area contributed by atoms with E-state index in [1.165, 1.54) is 31.2 Å². The Morgan fingerprint density at radius 2 is 1.80 bits per heavy atom. The van der Waals surface area contributed by atoms with Gasteiger partial charge in [-0.25, -0.2) is 13.8 Å². The number of amides is 2. The number of pyridine rings is 1. The molecule has 1 aliphatic heterocycles. The van der Waals surface area contributed by atoms with Gasteiger partial charge < -0.3 is 15.4 Å². The highest BCUT2D eigenvalue weighted by atomic mass is 35.5. The smallest absolute Gasteiger partial charge is 0.416 e. The summed E-state index contributed by atoms with van der Waals surface area (Å²) in [7, 11) is 0. The molecule has 2 heterocycles. The van der Waals surface area contributed by atoms with Crippen molar-refractivity contribution >= 4 is 45.8 Å². The molecule has 0 saturated heterocycles. The highest BCUT2D eigenvalue weighted by Gasteiger charge is 2.37. The van der Waals surface area contributed by atoms with Gasteiger partial charge in [-0.05, 0) is 55.5 Å². The van der Waals surface area contributed by atoms with Gasteiger partial charge in [0.15, 0.2) is 5.78 Å². The number of hydrogen-bond donors (Lipinski definition) is 2. The van der Waals surface area contributed by atoms with Crippen LogP contribution in [0.15, 0.2) is 54.6 Å². The highest BCUT2D eigenvalue weighted by molar-refractivity contribution is 6.31. The first kappa shape index (κ1) is 28.0. The lowest BCUT2D eigenvalue weighted by Gasteiger charge is -2.19. The van der Waals surface area contributed by atoms with E-state index in [-0.39, 0.29) is 57.3 Å². The molecule has 0 bridgehead atoms. The van der Waals surface area contributed by atoms with Crippen LogP contribution in [-0.2, 0) is 11.0 Å². The van der Waals surface area contributed by atoms with Crippen LogP contribution in [-0.4, -0.2) is 29.2 Å². The second kappa shape index (κ2) is 10.4. The normalized spacial score (nSPS) is 14.5. The Labute approximate surface area is 233 Å². The summed E-state index contributed by atoms with van der Waals surface area (Å²) >= 11 is 6.31. The summed E-state index contributed by atoms with van der Waals surface area (Å²) in [5.41, 5.74) is -1.67. The van der Waals surface area contributed by atoms with Gasteiger partial charge in [0.05, 0.1) is 22.7 Å². The molecule has 1 aromatic heterocycles. The van der Waals surface area contributed by atoms with Crippen molar-refractivity contribution in [2.45, 2.75) is 19.1 Å². The lowest BCUT2D eigenvalue weighted by molar-refractivity contribution is -0.137. The average Bonchev–Trinajstić information content (AvgIpc) is 3.25. The molecule has 0 radical (unpaired) electrons. The number of ketones is 1. The lowest BCUT2D eigenvalue weighted by atomic mass is 9.93. The van der Waals surface area contributed by atoms with Crippen molar-refractivity contribution in [1.82, 2.24) is 10.3 Å².